The molecule has 0 aliphatic rings. The van der Waals surface area contributed by atoms with E-state index in [1.54, 1.807) is 12.1 Å². The maximum absolute atomic E-state index is 11.6. The van der Waals surface area contributed by atoms with E-state index >= 15 is 0 Å². The largest absolute Gasteiger partial charge is 0.347 e. The Morgan fingerprint density at radius 3 is 2.95 bits per heavy atom. The molecule has 0 bridgehead atoms. The average Bonchev–Trinajstić information content (AvgIpc) is 2.92. The molecule has 1 aromatic heterocycles. The second-order valence-electron chi connectivity index (χ2n) is 4.81. The molecular formula is C14H18Cl2N4O2. The molecular weight excluding hydrogens is 327 g/mol. The smallest absolute Gasteiger partial charge is 0.246 e. The summed E-state index contributed by atoms with van der Waals surface area (Å²) in [5, 5.41) is 7.18. The van der Waals surface area contributed by atoms with Gasteiger partial charge in [-0.25, -0.2) is 0 Å². The summed E-state index contributed by atoms with van der Waals surface area (Å²) in [5.74, 6) is 0.700. The molecule has 6 nitrogen and oxygen atoms in total. The van der Waals surface area contributed by atoms with Crippen molar-refractivity contribution < 1.29 is 9.32 Å². The minimum Gasteiger partial charge on any atom is -0.347 e. The monoisotopic (exact) mass is 344 g/mol. The molecule has 0 spiro atoms. The van der Waals surface area contributed by atoms with Gasteiger partial charge in [0.15, 0.2) is 0 Å². The third-order valence-electron chi connectivity index (χ3n) is 2.81. The molecule has 0 aliphatic heterocycles. The van der Waals surface area contributed by atoms with Crippen LogP contribution in [0.5, 0.6) is 0 Å². The van der Waals surface area contributed by atoms with Gasteiger partial charge in [0.25, 0.3) is 0 Å². The summed E-state index contributed by atoms with van der Waals surface area (Å²) in [4.78, 5) is 15.8. The van der Waals surface area contributed by atoms with Crippen molar-refractivity contribution in [3.63, 3.8) is 0 Å². The van der Waals surface area contributed by atoms with Crippen LogP contribution in [-0.4, -0.2) is 22.1 Å². The molecule has 0 radical (unpaired) electrons. The lowest BCUT2D eigenvalue weighted by Gasteiger charge is -2.04. The number of benzene rings is 1. The third-order valence-corrected chi connectivity index (χ3v) is 3.05. The summed E-state index contributed by atoms with van der Waals surface area (Å²) in [6.45, 7) is 2.06. The van der Waals surface area contributed by atoms with Crippen LogP contribution >= 0.6 is 24.0 Å². The van der Waals surface area contributed by atoms with Crippen LogP contribution in [0, 0.1) is 0 Å². The normalized spacial score (nSPS) is 11.6. The van der Waals surface area contributed by atoms with Gasteiger partial charge in [0, 0.05) is 23.0 Å². The van der Waals surface area contributed by atoms with Crippen LogP contribution < -0.4 is 11.1 Å². The van der Waals surface area contributed by atoms with Crippen LogP contribution in [0.1, 0.15) is 25.7 Å². The topological polar surface area (TPSA) is 94.0 Å². The lowest BCUT2D eigenvalue weighted by Crippen LogP contribution is -2.25. The maximum atomic E-state index is 11.6. The van der Waals surface area contributed by atoms with Gasteiger partial charge in [-0.05, 0) is 25.5 Å². The highest BCUT2D eigenvalue weighted by molar-refractivity contribution is 6.30. The van der Waals surface area contributed by atoms with E-state index in [0.29, 0.717) is 29.6 Å². The lowest BCUT2D eigenvalue weighted by molar-refractivity contribution is -0.121. The van der Waals surface area contributed by atoms with E-state index in [2.05, 4.69) is 15.5 Å². The van der Waals surface area contributed by atoms with Crippen molar-refractivity contribution in [1.29, 1.82) is 0 Å². The van der Waals surface area contributed by atoms with Crippen LogP contribution in [-0.2, 0) is 11.3 Å². The highest BCUT2D eigenvalue weighted by Gasteiger charge is 2.10. The van der Waals surface area contributed by atoms with Crippen LogP contribution in [0.4, 0.5) is 0 Å². The zero-order chi connectivity index (χ0) is 15.2. The molecule has 8 heteroatoms. The second-order valence-corrected chi connectivity index (χ2v) is 5.25. The number of nitrogens with zero attached hydrogens (tertiary/aromatic N) is 2. The first-order chi connectivity index (χ1) is 10.0. The predicted octanol–water partition coefficient (Wildman–Crippen LogP) is 2.56. The van der Waals surface area contributed by atoms with Gasteiger partial charge in [-0.2, -0.15) is 4.98 Å². The number of aromatic nitrogens is 2. The van der Waals surface area contributed by atoms with Gasteiger partial charge in [-0.1, -0.05) is 28.9 Å². The van der Waals surface area contributed by atoms with Gasteiger partial charge in [0.05, 0.1) is 6.54 Å². The van der Waals surface area contributed by atoms with Crippen molar-refractivity contribution in [2.45, 2.75) is 32.4 Å². The first-order valence-electron chi connectivity index (χ1n) is 6.65. The summed E-state index contributed by atoms with van der Waals surface area (Å²) in [6.07, 6.45) is 1.02. The number of carbonyl (C=O) groups excluding carboxylic acids is 1. The van der Waals surface area contributed by atoms with E-state index in [1.807, 2.05) is 19.1 Å². The lowest BCUT2D eigenvalue weighted by atomic mass is 10.2. The van der Waals surface area contributed by atoms with Gasteiger partial charge >= 0.3 is 0 Å². The molecule has 2 aromatic rings. The van der Waals surface area contributed by atoms with E-state index in [0.717, 1.165) is 5.56 Å². The quantitative estimate of drug-likeness (QED) is 0.839. The zero-order valence-corrected chi connectivity index (χ0v) is 13.7. The third kappa shape index (κ3) is 5.63. The Kier molecular flexibility index (Phi) is 7.31. The number of hydrogen-bond acceptors (Lipinski definition) is 5. The highest BCUT2D eigenvalue weighted by atomic mass is 35.5. The first-order valence-corrected chi connectivity index (χ1v) is 7.03. The number of halogens is 2. The van der Waals surface area contributed by atoms with E-state index in [1.165, 1.54) is 0 Å². The second kappa shape index (κ2) is 8.73. The van der Waals surface area contributed by atoms with Crippen LogP contribution in [0.2, 0.25) is 5.02 Å². The Hall–Kier alpha value is -1.63. The van der Waals surface area contributed by atoms with Crippen LogP contribution in [0.25, 0.3) is 11.4 Å². The van der Waals surface area contributed by atoms with Gasteiger partial charge in [0.1, 0.15) is 0 Å². The number of nitrogens with one attached hydrogen (secondary N) is 1. The predicted molar refractivity (Wildman–Crippen MR) is 86.7 cm³/mol. The molecule has 22 heavy (non-hydrogen) atoms. The van der Waals surface area contributed by atoms with Crippen LogP contribution in [0.3, 0.4) is 0 Å². The molecule has 1 amide bonds. The average molecular weight is 345 g/mol. The van der Waals surface area contributed by atoms with Crippen LogP contribution in [0.15, 0.2) is 28.8 Å². The number of carbonyl (C=O) groups is 1. The highest BCUT2D eigenvalue weighted by Crippen LogP contribution is 2.19. The first kappa shape index (κ1) is 18.4. The summed E-state index contributed by atoms with van der Waals surface area (Å²) >= 11 is 5.91. The van der Waals surface area contributed by atoms with E-state index < -0.39 is 0 Å². The number of rotatable bonds is 6. The maximum Gasteiger partial charge on any atom is 0.246 e. The molecule has 0 fully saturated rings. The van der Waals surface area contributed by atoms with Crippen molar-refractivity contribution in [1.82, 2.24) is 15.5 Å². The molecule has 2 rings (SSSR count). The molecule has 0 saturated carbocycles. The van der Waals surface area contributed by atoms with E-state index in [9.17, 15) is 4.79 Å². The standard InChI is InChI=1S/C14H17ClN4O2.ClH/c1-9(16)5-6-12(20)17-8-13-18-14(19-21-13)10-3-2-4-11(15)7-10;/h2-4,7,9H,5-6,8,16H2,1H3,(H,17,20);1H. The minimum absolute atomic E-state index is 0. The van der Waals surface area contributed by atoms with Crippen molar-refractivity contribution in [2.24, 2.45) is 5.73 Å². The Labute approximate surface area is 139 Å². The minimum atomic E-state index is -0.0881. The SMILES string of the molecule is CC(N)CCC(=O)NCc1nc(-c2cccc(Cl)c2)no1.Cl. The molecule has 1 aromatic carbocycles. The fourth-order valence-electron chi connectivity index (χ4n) is 1.69. The van der Waals surface area contributed by atoms with Crippen molar-refractivity contribution in [3.8, 4) is 11.4 Å². The number of hydrogen-bond donors (Lipinski definition) is 2. The van der Waals surface area contributed by atoms with Crippen molar-refractivity contribution >= 4 is 29.9 Å². The molecule has 0 saturated heterocycles. The Morgan fingerprint density at radius 1 is 1.50 bits per heavy atom. The molecule has 0 aliphatic carbocycles. The Balaban J connectivity index is 0.00000242. The summed E-state index contributed by atoms with van der Waals surface area (Å²) in [7, 11) is 0. The molecule has 120 valence electrons. The van der Waals surface area contributed by atoms with Gasteiger partial charge in [0.2, 0.25) is 17.6 Å². The number of amides is 1. The fraction of sp³-hybridized carbons (Fsp3) is 0.357. The Morgan fingerprint density at radius 2 is 2.27 bits per heavy atom. The fourth-order valence-corrected chi connectivity index (χ4v) is 1.88. The molecule has 1 atom stereocenters. The van der Waals surface area contributed by atoms with Gasteiger partial charge < -0.3 is 15.6 Å². The summed E-state index contributed by atoms with van der Waals surface area (Å²) in [5.41, 5.74) is 6.36. The summed E-state index contributed by atoms with van der Waals surface area (Å²) < 4.78 is 5.09. The zero-order valence-electron chi connectivity index (χ0n) is 12.1. The van der Waals surface area contributed by atoms with E-state index in [4.69, 9.17) is 21.9 Å². The van der Waals surface area contributed by atoms with Gasteiger partial charge in [-0.15, -0.1) is 12.4 Å². The molecule has 1 heterocycles. The molecule has 3 N–H and O–H groups in total. The van der Waals surface area contributed by atoms with E-state index in [-0.39, 0.29) is 30.9 Å². The molecule has 1 unspecified atom stereocenters. The van der Waals surface area contributed by atoms with Crippen molar-refractivity contribution in [3.05, 3.63) is 35.2 Å². The van der Waals surface area contributed by atoms with Gasteiger partial charge in [-0.3, -0.25) is 4.79 Å². The van der Waals surface area contributed by atoms with Crippen molar-refractivity contribution in [2.75, 3.05) is 0 Å². The summed E-state index contributed by atoms with van der Waals surface area (Å²) in [6, 6.07) is 7.17. The number of nitrogens with two attached hydrogens (primary N) is 1. The Bertz CT molecular complexity index is 616.